The third-order valence-electron chi connectivity index (χ3n) is 4.20. The van der Waals surface area contributed by atoms with Crippen molar-refractivity contribution < 1.29 is 19.1 Å². The van der Waals surface area contributed by atoms with Gasteiger partial charge in [0.2, 0.25) is 5.91 Å². The number of pyridine rings is 1. The SMILES string of the molecule is COC(=O)[C@H](Cc1ccc(NC(=O)c2c(Cl)cncc2Cl)cc1)NC(=O)C(C)(C)C. The Bertz CT molecular complexity index is 920. The van der Waals surface area contributed by atoms with Crippen molar-refractivity contribution in [2.75, 3.05) is 12.4 Å². The summed E-state index contributed by atoms with van der Waals surface area (Å²) in [7, 11) is 1.27. The molecule has 0 bridgehead atoms. The molecule has 0 saturated heterocycles. The number of hydrogen-bond donors (Lipinski definition) is 2. The Labute approximate surface area is 185 Å². The Balaban J connectivity index is 2.11. The zero-order valence-electron chi connectivity index (χ0n) is 17.1. The molecule has 1 atom stereocenters. The lowest BCUT2D eigenvalue weighted by Crippen LogP contribution is -2.47. The minimum Gasteiger partial charge on any atom is -0.467 e. The van der Waals surface area contributed by atoms with Gasteiger partial charge in [-0.3, -0.25) is 14.6 Å². The molecule has 2 aromatic rings. The summed E-state index contributed by atoms with van der Waals surface area (Å²) in [5, 5.41) is 5.72. The normalized spacial score (nSPS) is 12.1. The monoisotopic (exact) mass is 451 g/mol. The number of methoxy groups -OCH3 is 1. The summed E-state index contributed by atoms with van der Waals surface area (Å²) in [5.74, 6) is -1.26. The fraction of sp³-hybridized carbons (Fsp3) is 0.333. The summed E-state index contributed by atoms with van der Waals surface area (Å²) in [6.07, 6.45) is 2.92. The Kier molecular flexibility index (Phi) is 7.81. The Morgan fingerprint density at radius 2 is 1.63 bits per heavy atom. The largest absolute Gasteiger partial charge is 0.467 e. The van der Waals surface area contributed by atoms with E-state index in [1.807, 2.05) is 0 Å². The fourth-order valence-electron chi connectivity index (χ4n) is 2.49. The first-order valence-electron chi connectivity index (χ1n) is 9.11. The highest BCUT2D eigenvalue weighted by molar-refractivity contribution is 6.40. The predicted molar refractivity (Wildman–Crippen MR) is 116 cm³/mol. The highest BCUT2D eigenvalue weighted by atomic mass is 35.5. The third-order valence-corrected chi connectivity index (χ3v) is 4.78. The van der Waals surface area contributed by atoms with Crippen molar-refractivity contribution in [3.63, 3.8) is 0 Å². The smallest absolute Gasteiger partial charge is 0.328 e. The van der Waals surface area contributed by atoms with E-state index in [1.54, 1.807) is 45.0 Å². The molecular formula is C21H23Cl2N3O4. The number of nitrogens with one attached hydrogen (secondary N) is 2. The standard InChI is InChI=1S/C21H23Cl2N3O4/c1-21(2,3)20(29)26-16(19(28)30-4)9-12-5-7-13(8-6-12)25-18(27)17-14(22)10-24-11-15(17)23/h5-8,10-11,16H,9H2,1-4H3,(H,25,27)(H,26,29)/t16-/m0/s1. The average Bonchev–Trinajstić information content (AvgIpc) is 2.67. The van der Waals surface area contributed by atoms with Crippen LogP contribution in [0.3, 0.4) is 0 Å². The number of halogens is 2. The quantitative estimate of drug-likeness (QED) is 0.649. The molecule has 0 aliphatic rings. The van der Waals surface area contributed by atoms with Crippen molar-refractivity contribution in [2.24, 2.45) is 5.41 Å². The van der Waals surface area contributed by atoms with Crippen LogP contribution < -0.4 is 10.6 Å². The first-order chi connectivity index (χ1) is 14.0. The van der Waals surface area contributed by atoms with E-state index < -0.39 is 23.3 Å². The van der Waals surface area contributed by atoms with Gasteiger partial charge in [-0.2, -0.15) is 0 Å². The van der Waals surface area contributed by atoms with Crippen LogP contribution in [0.25, 0.3) is 0 Å². The molecule has 0 saturated carbocycles. The molecular weight excluding hydrogens is 429 g/mol. The molecule has 0 radical (unpaired) electrons. The number of anilines is 1. The second-order valence-electron chi connectivity index (χ2n) is 7.63. The van der Waals surface area contributed by atoms with E-state index in [1.165, 1.54) is 19.5 Å². The van der Waals surface area contributed by atoms with Crippen LogP contribution in [0.5, 0.6) is 0 Å². The van der Waals surface area contributed by atoms with Crippen LogP contribution in [0.1, 0.15) is 36.7 Å². The number of benzene rings is 1. The van der Waals surface area contributed by atoms with Crippen molar-refractivity contribution in [2.45, 2.75) is 33.2 Å². The fourth-order valence-corrected chi connectivity index (χ4v) is 3.03. The summed E-state index contributed by atoms with van der Waals surface area (Å²) < 4.78 is 4.81. The first-order valence-corrected chi connectivity index (χ1v) is 9.86. The van der Waals surface area contributed by atoms with Crippen LogP contribution in [-0.2, 0) is 20.7 Å². The van der Waals surface area contributed by atoms with E-state index in [9.17, 15) is 14.4 Å². The van der Waals surface area contributed by atoms with E-state index in [0.29, 0.717) is 5.69 Å². The van der Waals surface area contributed by atoms with E-state index in [0.717, 1.165) is 5.56 Å². The van der Waals surface area contributed by atoms with Gasteiger partial charge in [0.25, 0.3) is 5.91 Å². The van der Waals surface area contributed by atoms with Gasteiger partial charge in [0, 0.05) is 29.9 Å². The van der Waals surface area contributed by atoms with Crippen molar-refractivity contribution in [1.29, 1.82) is 0 Å². The molecule has 1 heterocycles. The van der Waals surface area contributed by atoms with Gasteiger partial charge < -0.3 is 15.4 Å². The number of rotatable bonds is 6. The number of ether oxygens (including phenoxy) is 1. The van der Waals surface area contributed by atoms with Gasteiger partial charge >= 0.3 is 5.97 Å². The maximum absolute atomic E-state index is 12.4. The molecule has 0 aliphatic heterocycles. The number of esters is 1. The summed E-state index contributed by atoms with van der Waals surface area (Å²) in [6, 6.07) is 6.01. The van der Waals surface area contributed by atoms with Gasteiger partial charge in [0.15, 0.2) is 0 Å². The summed E-state index contributed by atoms with van der Waals surface area (Å²) in [6.45, 7) is 5.28. The lowest BCUT2D eigenvalue weighted by Gasteiger charge is -2.23. The van der Waals surface area contributed by atoms with Gasteiger partial charge in [0.05, 0.1) is 22.7 Å². The Hall–Kier alpha value is -2.64. The molecule has 7 nitrogen and oxygen atoms in total. The average molecular weight is 452 g/mol. The van der Waals surface area contributed by atoms with Crippen LogP contribution >= 0.6 is 23.2 Å². The van der Waals surface area contributed by atoms with E-state index in [-0.39, 0.29) is 27.9 Å². The molecule has 0 fully saturated rings. The van der Waals surface area contributed by atoms with Gasteiger partial charge in [-0.05, 0) is 17.7 Å². The van der Waals surface area contributed by atoms with Crippen LogP contribution in [0, 0.1) is 5.41 Å². The highest BCUT2D eigenvalue weighted by Crippen LogP contribution is 2.24. The van der Waals surface area contributed by atoms with E-state index >= 15 is 0 Å². The third kappa shape index (κ3) is 6.18. The second-order valence-corrected chi connectivity index (χ2v) is 8.45. The molecule has 0 unspecified atom stereocenters. The van der Waals surface area contributed by atoms with E-state index in [2.05, 4.69) is 15.6 Å². The number of hydrogen-bond acceptors (Lipinski definition) is 5. The maximum Gasteiger partial charge on any atom is 0.328 e. The van der Waals surface area contributed by atoms with E-state index in [4.69, 9.17) is 27.9 Å². The second kappa shape index (κ2) is 9.91. The topological polar surface area (TPSA) is 97.4 Å². The molecule has 2 N–H and O–H groups in total. The zero-order valence-corrected chi connectivity index (χ0v) is 18.6. The molecule has 30 heavy (non-hydrogen) atoms. The molecule has 2 rings (SSSR count). The number of carbonyl (C=O) groups is 3. The van der Waals surface area contributed by atoms with Crippen molar-refractivity contribution >= 4 is 46.7 Å². The first kappa shape index (κ1) is 23.6. The Morgan fingerprint density at radius 3 is 2.13 bits per heavy atom. The van der Waals surface area contributed by atoms with Crippen LogP contribution in [-0.4, -0.2) is 35.9 Å². The van der Waals surface area contributed by atoms with Gasteiger partial charge in [-0.25, -0.2) is 4.79 Å². The summed E-state index contributed by atoms with van der Waals surface area (Å²) in [4.78, 5) is 40.6. The highest BCUT2D eigenvalue weighted by Gasteiger charge is 2.28. The number of aromatic nitrogens is 1. The van der Waals surface area contributed by atoms with Crippen LogP contribution in [0.4, 0.5) is 5.69 Å². The van der Waals surface area contributed by atoms with Crippen LogP contribution in [0.2, 0.25) is 10.0 Å². The number of carbonyl (C=O) groups excluding carboxylic acids is 3. The summed E-state index contributed by atoms with van der Waals surface area (Å²) >= 11 is 12.0. The lowest BCUT2D eigenvalue weighted by atomic mass is 9.94. The molecule has 2 amide bonds. The molecule has 9 heteroatoms. The molecule has 1 aromatic carbocycles. The van der Waals surface area contributed by atoms with Gasteiger partial charge in [0.1, 0.15) is 6.04 Å². The maximum atomic E-state index is 12.4. The molecule has 160 valence electrons. The summed E-state index contributed by atoms with van der Waals surface area (Å²) in [5.41, 5.74) is 0.780. The zero-order chi connectivity index (χ0) is 22.5. The number of nitrogens with zero attached hydrogens (tertiary/aromatic N) is 1. The van der Waals surface area contributed by atoms with Gasteiger partial charge in [-0.1, -0.05) is 56.1 Å². The van der Waals surface area contributed by atoms with Crippen molar-refractivity contribution in [1.82, 2.24) is 10.3 Å². The molecule has 0 aliphatic carbocycles. The minimum atomic E-state index is -0.823. The van der Waals surface area contributed by atoms with Crippen molar-refractivity contribution in [3.8, 4) is 0 Å². The minimum absolute atomic E-state index is 0.132. The Morgan fingerprint density at radius 1 is 1.07 bits per heavy atom. The van der Waals surface area contributed by atoms with Crippen LogP contribution in [0.15, 0.2) is 36.7 Å². The lowest BCUT2D eigenvalue weighted by molar-refractivity contribution is -0.146. The van der Waals surface area contributed by atoms with Gasteiger partial charge in [-0.15, -0.1) is 0 Å². The molecule has 1 aromatic heterocycles. The molecule has 0 spiro atoms. The number of amides is 2. The van der Waals surface area contributed by atoms with Crippen molar-refractivity contribution in [3.05, 3.63) is 57.8 Å². The predicted octanol–water partition coefficient (Wildman–Crippen LogP) is 3.89.